The van der Waals surface area contributed by atoms with E-state index in [1.807, 2.05) is 18.2 Å². The quantitative estimate of drug-likeness (QED) is 0.146. The van der Waals surface area contributed by atoms with Crippen LogP contribution in [0.1, 0.15) is 138 Å². The molecule has 70 heavy (non-hydrogen) atoms. The van der Waals surface area contributed by atoms with Gasteiger partial charge in [0.15, 0.2) is 0 Å². The van der Waals surface area contributed by atoms with E-state index in [0.717, 1.165) is 117 Å². The van der Waals surface area contributed by atoms with E-state index in [0.29, 0.717) is 22.5 Å². The fraction of sp³-hybridized carbons (Fsp3) is 0.383. The summed E-state index contributed by atoms with van der Waals surface area (Å²) < 4.78 is 48.3. The summed E-state index contributed by atoms with van der Waals surface area (Å²) in [7, 11) is 1.27. The van der Waals surface area contributed by atoms with E-state index in [2.05, 4.69) is 165 Å². The third-order valence-corrected chi connectivity index (χ3v) is 16.7. The van der Waals surface area contributed by atoms with Gasteiger partial charge in [-0.25, -0.2) is 0 Å². The van der Waals surface area contributed by atoms with Gasteiger partial charge in [-0.3, -0.25) is 4.79 Å². The number of hydrogen-bond acceptors (Lipinski definition) is 8. The lowest BCUT2D eigenvalue weighted by atomic mass is 9.83. The molecule has 8 nitrogen and oxygen atoms in total. The lowest BCUT2D eigenvalue weighted by Gasteiger charge is -2.22. The topological polar surface area (TPSA) is 97.3 Å². The van der Waals surface area contributed by atoms with Crippen LogP contribution in [0, 0.1) is 27.7 Å². The molecule has 0 spiro atoms. The van der Waals surface area contributed by atoms with Gasteiger partial charge in [-0.05, 0) is 120 Å². The number of fused-ring (bicyclic) bond motifs is 6. The van der Waals surface area contributed by atoms with Crippen LogP contribution in [0.5, 0.6) is 17.2 Å². The standard InChI is InChI=1S/C60H70O8P2/c1-33-20-22-35(3)55(69-65-51-41(24-37(32-61)25-45(51)57(5,6)7)42-26-38(62-17)29-46(52(42)66-69)58(8,9)10)49(33)50-34(2)21-23-36(4)56(50)70-67-53-43(27-39(63-18)30-47(53)59(11,12)13)44-28-40(64-19)31-48(54(44)68-70)60(14,15)16/h20-32H,1-19H3. The molecule has 0 bridgehead atoms. The molecule has 0 saturated heterocycles. The van der Waals surface area contributed by atoms with E-state index in [9.17, 15) is 4.79 Å². The second-order valence-electron chi connectivity index (χ2n) is 22.9. The van der Waals surface area contributed by atoms with Crippen molar-refractivity contribution in [2.45, 2.75) is 132 Å². The number of carbonyl (C=O) groups excluding carboxylic acids is 1. The molecule has 1 atom stereocenters. The third kappa shape index (κ3) is 9.07. The van der Waals surface area contributed by atoms with Gasteiger partial charge in [0.2, 0.25) is 0 Å². The SMILES string of the molecule is COc1cc(C(C)(C)C)c2op(-c3c(C)ccc(C)c3-c3c(C)ccc(C)c3-p3oc4c(C(C)(C)C)cc(OC)cc4c4cc(OC)cc(C(C)(C)C)c4o3)oc3c(C(C)(C)C)cc(C=O)cc3c2c1. The maximum atomic E-state index is 12.7. The van der Waals surface area contributed by atoms with E-state index in [1.54, 1.807) is 21.3 Å². The van der Waals surface area contributed by atoms with Crippen LogP contribution in [0.3, 0.4) is 0 Å². The molecule has 6 aromatic carbocycles. The third-order valence-electron chi connectivity index (χ3n) is 13.4. The molecule has 1 unspecified atom stereocenters. The molecule has 2 aromatic heterocycles. The van der Waals surface area contributed by atoms with Crippen molar-refractivity contribution in [3.05, 3.63) is 123 Å². The zero-order valence-electron chi connectivity index (χ0n) is 44.7. The molecule has 0 saturated carbocycles. The number of aldehydes is 1. The maximum Gasteiger partial charge on any atom is 0.253 e. The first-order chi connectivity index (χ1) is 32.7. The number of methoxy groups -OCH3 is 3. The molecule has 0 N–H and O–H groups in total. The smallest absolute Gasteiger partial charge is 0.253 e. The van der Waals surface area contributed by atoms with Crippen LogP contribution in [0.25, 0.3) is 65.6 Å². The average Bonchev–Trinajstić information content (AvgIpc) is 3.55. The van der Waals surface area contributed by atoms with E-state index < -0.39 is 21.4 Å². The van der Waals surface area contributed by atoms with Gasteiger partial charge in [-0.1, -0.05) is 107 Å². The first-order valence-electron chi connectivity index (χ1n) is 24.0. The van der Waals surface area contributed by atoms with Crippen LogP contribution in [0.15, 0.2) is 89.6 Å². The van der Waals surface area contributed by atoms with Crippen LogP contribution in [0.2, 0.25) is 0 Å². The summed E-state index contributed by atoms with van der Waals surface area (Å²) in [4.78, 5) is 12.7. The minimum Gasteiger partial charge on any atom is -0.497 e. The van der Waals surface area contributed by atoms with Gasteiger partial charge in [-0.15, -0.1) is 0 Å². The minimum absolute atomic E-state index is 0.335. The molecule has 0 amide bonds. The summed E-state index contributed by atoms with van der Waals surface area (Å²) in [6, 6.07) is 25.0. The van der Waals surface area contributed by atoms with Crippen molar-refractivity contribution in [2.75, 3.05) is 21.3 Å². The molecule has 0 aliphatic rings. The van der Waals surface area contributed by atoms with Crippen molar-refractivity contribution in [3.8, 4) is 39.0 Å². The van der Waals surface area contributed by atoms with Crippen LogP contribution in [-0.4, -0.2) is 27.6 Å². The maximum absolute atomic E-state index is 12.7. The molecule has 368 valence electrons. The number of benzene rings is 6. The normalized spacial score (nSPS) is 12.8. The van der Waals surface area contributed by atoms with Crippen LogP contribution >= 0.6 is 16.0 Å². The molecular formula is C60H70O8P2. The fourth-order valence-corrected chi connectivity index (χ4v) is 13.1. The first-order valence-corrected chi connectivity index (χ1v) is 26.4. The van der Waals surface area contributed by atoms with E-state index >= 15 is 0 Å². The molecule has 0 fully saturated rings. The van der Waals surface area contributed by atoms with Gasteiger partial charge in [-0.2, -0.15) is 0 Å². The van der Waals surface area contributed by atoms with Crippen molar-refractivity contribution < 1.29 is 35.8 Å². The number of rotatable bonds is 7. The molecule has 8 aromatic rings. The van der Waals surface area contributed by atoms with Crippen LogP contribution < -0.4 is 14.2 Å². The van der Waals surface area contributed by atoms with Gasteiger partial charge in [0.05, 0.1) is 31.9 Å². The first kappa shape index (κ1) is 50.6. The molecule has 2 heterocycles. The summed E-state index contributed by atoms with van der Waals surface area (Å²) in [5, 5.41) is 5.28. The highest BCUT2D eigenvalue weighted by Gasteiger charge is 2.31. The highest BCUT2D eigenvalue weighted by Crippen LogP contribution is 2.58. The van der Waals surface area contributed by atoms with Gasteiger partial charge >= 0.3 is 0 Å². The Morgan fingerprint density at radius 2 is 0.671 bits per heavy atom. The highest BCUT2D eigenvalue weighted by molar-refractivity contribution is 7.47. The molecule has 0 aliphatic carbocycles. The minimum atomic E-state index is -1.93. The van der Waals surface area contributed by atoms with Crippen molar-refractivity contribution in [3.63, 3.8) is 0 Å². The lowest BCUT2D eigenvalue weighted by molar-refractivity contribution is 0.112. The van der Waals surface area contributed by atoms with Crippen LogP contribution in [-0.2, 0) is 21.7 Å². The Morgan fingerprint density at radius 1 is 0.400 bits per heavy atom. The number of aryl methyl sites for hydroxylation is 4. The molecule has 0 aliphatic heterocycles. The van der Waals surface area contributed by atoms with Gasteiger partial charge in [0, 0.05) is 60.5 Å². The zero-order valence-corrected chi connectivity index (χ0v) is 46.5. The summed E-state index contributed by atoms with van der Waals surface area (Å²) in [5.74, 6) is 2.16. The van der Waals surface area contributed by atoms with Crippen LogP contribution in [0.4, 0.5) is 0 Å². The second kappa shape index (κ2) is 18.1. The summed E-state index contributed by atoms with van der Waals surface area (Å²) in [6.45, 7) is 34.9. The molecule has 8 rings (SSSR count). The van der Waals surface area contributed by atoms with Crippen molar-refractivity contribution in [2.24, 2.45) is 0 Å². The largest absolute Gasteiger partial charge is 0.497 e. The summed E-state index contributed by atoms with van der Waals surface area (Å²) in [5.41, 5.74) is 12.1. The second-order valence-corrected chi connectivity index (χ2v) is 25.6. The predicted molar refractivity (Wildman–Crippen MR) is 293 cm³/mol. The highest BCUT2D eigenvalue weighted by atomic mass is 31.1. The summed E-state index contributed by atoms with van der Waals surface area (Å²) in [6.07, 6.45) is 0.914. The van der Waals surface area contributed by atoms with E-state index in [4.69, 9.17) is 31.0 Å². The molecular weight excluding hydrogens is 911 g/mol. The fourth-order valence-electron chi connectivity index (χ4n) is 9.55. The molecule has 10 heteroatoms. The lowest BCUT2D eigenvalue weighted by Crippen LogP contribution is -2.12. The van der Waals surface area contributed by atoms with Crippen molar-refractivity contribution in [1.82, 2.24) is 0 Å². The Balaban J connectivity index is 1.62. The van der Waals surface area contributed by atoms with Crippen molar-refractivity contribution >= 4 is 66.2 Å². The Hall–Kier alpha value is -5.81. The Labute approximate surface area is 415 Å². The van der Waals surface area contributed by atoms with Gasteiger partial charge in [0.1, 0.15) is 45.9 Å². The van der Waals surface area contributed by atoms with E-state index in [-0.39, 0.29) is 16.2 Å². The van der Waals surface area contributed by atoms with Gasteiger partial charge in [0.25, 0.3) is 16.0 Å². The Morgan fingerprint density at radius 3 is 0.943 bits per heavy atom. The zero-order chi connectivity index (χ0) is 51.2. The van der Waals surface area contributed by atoms with Gasteiger partial charge < -0.3 is 31.0 Å². The van der Waals surface area contributed by atoms with E-state index in [1.165, 1.54) is 0 Å². The number of ether oxygens (including phenoxy) is 3. The Kier molecular flexibility index (Phi) is 13.1. The Bertz CT molecular complexity index is 3410. The number of carbonyl (C=O) groups is 1. The monoisotopic (exact) mass is 980 g/mol. The average molecular weight is 981 g/mol. The predicted octanol–water partition coefficient (Wildman–Crippen LogP) is 18.8. The summed E-state index contributed by atoms with van der Waals surface area (Å²) >= 11 is 0. The molecule has 0 radical (unpaired) electrons. The number of hydrogen-bond donors (Lipinski definition) is 0. The van der Waals surface area contributed by atoms with Crippen molar-refractivity contribution in [1.29, 1.82) is 0 Å².